The number of carbonyl (C=O) groups is 1. The van der Waals surface area contributed by atoms with Gasteiger partial charge < -0.3 is 24.7 Å². The first-order valence-electron chi connectivity index (χ1n) is 10.5. The maximum absolute atomic E-state index is 13.3. The Balaban J connectivity index is 1.65. The van der Waals surface area contributed by atoms with Crippen LogP contribution in [0.15, 0.2) is 65.6 Å². The van der Waals surface area contributed by atoms with Crippen molar-refractivity contribution in [1.82, 2.24) is 9.88 Å². The average Bonchev–Trinajstić information content (AvgIpc) is 2.79. The predicted molar refractivity (Wildman–Crippen MR) is 120 cm³/mol. The Hall–Kier alpha value is -3.16. The molecule has 2 aromatic carbocycles. The second-order valence-electron chi connectivity index (χ2n) is 7.84. The van der Waals surface area contributed by atoms with Crippen LogP contribution >= 0.6 is 0 Å². The number of urea groups is 1. The minimum Gasteiger partial charge on any atom is -0.353 e. The van der Waals surface area contributed by atoms with E-state index >= 15 is 0 Å². The van der Waals surface area contributed by atoms with Gasteiger partial charge in [0.05, 0.1) is 19.3 Å². The first-order chi connectivity index (χ1) is 15.0. The molecule has 1 fully saturated rings. The van der Waals surface area contributed by atoms with Gasteiger partial charge in [-0.2, -0.15) is 0 Å². The van der Waals surface area contributed by atoms with E-state index in [1.807, 2.05) is 62.4 Å². The van der Waals surface area contributed by atoms with Crippen molar-refractivity contribution in [2.45, 2.75) is 26.2 Å². The Kier molecular flexibility index (Phi) is 6.34. The smallest absolute Gasteiger partial charge is 0.322 e. The van der Waals surface area contributed by atoms with Gasteiger partial charge in [0, 0.05) is 29.7 Å². The molecule has 0 unspecified atom stereocenters. The number of hydrogen-bond acceptors (Lipinski definition) is 4. The van der Waals surface area contributed by atoms with Gasteiger partial charge in [-0.1, -0.05) is 36.4 Å². The summed E-state index contributed by atoms with van der Waals surface area (Å²) in [5.74, 6) is 0.0502. The predicted octanol–water partition coefficient (Wildman–Crippen LogP) is 4.13. The van der Waals surface area contributed by atoms with Crippen LogP contribution in [0.25, 0.3) is 10.8 Å². The van der Waals surface area contributed by atoms with Crippen molar-refractivity contribution < 1.29 is 14.3 Å². The van der Waals surface area contributed by atoms with E-state index in [2.05, 4.69) is 10.3 Å². The van der Waals surface area contributed by atoms with Crippen LogP contribution in [0.5, 0.6) is 0 Å². The highest BCUT2D eigenvalue weighted by molar-refractivity contribution is 5.90. The number of benzene rings is 2. The summed E-state index contributed by atoms with van der Waals surface area (Å²) >= 11 is 0. The van der Waals surface area contributed by atoms with Crippen molar-refractivity contribution in [2.75, 3.05) is 25.1 Å². The van der Waals surface area contributed by atoms with Crippen LogP contribution in [-0.4, -0.2) is 42.0 Å². The lowest BCUT2D eigenvalue weighted by molar-refractivity contribution is -0.192. The highest BCUT2D eigenvalue weighted by Crippen LogP contribution is 2.28. The number of nitrogens with one attached hydrogen (secondary N) is 2. The van der Waals surface area contributed by atoms with Gasteiger partial charge in [0.25, 0.3) is 5.56 Å². The number of aromatic nitrogens is 1. The SMILES string of the molecule is CC1OCC(CN(C(=O)Nc2ccccc2)[C@@H](C)c2c[nH]c(=O)c3ccccc23)CO1. The van der Waals surface area contributed by atoms with Gasteiger partial charge >= 0.3 is 6.03 Å². The zero-order valence-electron chi connectivity index (χ0n) is 17.7. The van der Waals surface area contributed by atoms with Crippen molar-refractivity contribution in [3.63, 3.8) is 0 Å². The quantitative estimate of drug-likeness (QED) is 0.649. The molecule has 2 heterocycles. The number of fused-ring (bicyclic) bond motifs is 1. The standard InChI is InChI=1S/C24H27N3O4/c1-16(22-12-25-23(28)21-11-7-6-10-20(21)22)27(13-18-14-30-17(2)31-15-18)24(29)26-19-8-4-3-5-9-19/h3-12,16-18H,13-15H2,1-2H3,(H,25,28)(H,26,29)/t16-,17?,18?/m0/s1. The minimum absolute atomic E-state index is 0.0502. The van der Waals surface area contributed by atoms with Crippen molar-refractivity contribution in [3.8, 4) is 0 Å². The second kappa shape index (κ2) is 9.32. The van der Waals surface area contributed by atoms with Gasteiger partial charge in [0.1, 0.15) is 0 Å². The van der Waals surface area contributed by atoms with E-state index in [0.29, 0.717) is 25.1 Å². The average molecular weight is 421 g/mol. The molecule has 1 aliphatic heterocycles. The monoisotopic (exact) mass is 421 g/mol. The summed E-state index contributed by atoms with van der Waals surface area (Å²) in [5, 5.41) is 4.42. The lowest BCUT2D eigenvalue weighted by atomic mass is 10.0. The highest BCUT2D eigenvalue weighted by Gasteiger charge is 2.29. The third kappa shape index (κ3) is 4.78. The molecule has 2 amide bonds. The van der Waals surface area contributed by atoms with E-state index in [4.69, 9.17) is 9.47 Å². The minimum atomic E-state index is -0.287. The van der Waals surface area contributed by atoms with E-state index in [0.717, 1.165) is 16.6 Å². The molecule has 0 radical (unpaired) electrons. The third-order valence-electron chi connectivity index (χ3n) is 5.63. The van der Waals surface area contributed by atoms with Gasteiger partial charge in [-0.15, -0.1) is 0 Å². The fraction of sp³-hybridized carbons (Fsp3) is 0.333. The fourth-order valence-corrected chi connectivity index (χ4v) is 3.90. The number of rotatable bonds is 5. The van der Waals surface area contributed by atoms with E-state index in [-0.39, 0.29) is 29.8 Å². The second-order valence-corrected chi connectivity index (χ2v) is 7.84. The number of aromatic amines is 1. The summed E-state index contributed by atoms with van der Waals surface area (Å²) in [6.07, 6.45) is 1.47. The molecule has 7 heteroatoms. The summed E-state index contributed by atoms with van der Waals surface area (Å²) in [6, 6.07) is 16.3. The number of hydrogen-bond donors (Lipinski definition) is 2. The van der Waals surface area contributed by atoms with E-state index in [1.54, 1.807) is 17.2 Å². The largest absolute Gasteiger partial charge is 0.353 e. The molecule has 162 valence electrons. The van der Waals surface area contributed by atoms with Crippen molar-refractivity contribution in [3.05, 3.63) is 76.7 Å². The molecular weight excluding hydrogens is 394 g/mol. The lowest BCUT2D eigenvalue weighted by Crippen LogP contribution is -2.44. The Labute approximate surface area is 181 Å². The molecule has 0 saturated carbocycles. The van der Waals surface area contributed by atoms with E-state index in [9.17, 15) is 9.59 Å². The van der Waals surface area contributed by atoms with Crippen molar-refractivity contribution >= 4 is 22.5 Å². The molecular formula is C24H27N3O4. The Morgan fingerprint density at radius 1 is 1.10 bits per heavy atom. The summed E-state index contributed by atoms with van der Waals surface area (Å²) < 4.78 is 11.3. The molecule has 0 bridgehead atoms. The molecule has 1 aliphatic rings. The summed E-state index contributed by atoms with van der Waals surface area (Å²) in [6.45, 7) is 5.34. The molecule has 31 heavy (non-hydrogen) atoms. The molecule has 2 N–H and O–H groups in total. The van der Waals surface area contributed by atoms with Crippen LogP contribution in [0, 0.1) is 5.92 Å². The van der Waals surface area contributed by atoms with Crippen LogP contribution < -0.4 is 10.9 Å². The number of anilines is 1. The number of ether oxygens (including phenoxy) is 2. The van der Waals surface area contributed by atoms with Crippen LogP contribution in [0.3, 0.4) is 0 Å². The van der Waals surface area contributed by atoms with Crippen LogP contribution in [0.1, 0.15) is 25.5 Å². The molecule has 4 rings (SSSR count). The van der Waals surface area contributed by atoms with Gasteiger partial charge in [-0.05, 0) is 43.0 Å². The summed E-state index contributed by atoms with van der Waals surface area (Å²) in [5.41, 5.74) is 1.46. The molecule has 1 atom stereocenters. The normalized spacial score (nSPS) is 19.7. The number of pyridine rings is 1. The Morgan fingerprint density at radius 2 is 1.74 bits per heavy atom. The van der Waals surface area contributed by atoms with Gasteiger partial charge in [0.15, 0.2) is 6.29 Å². The lowest BCUT2D eigenvalue weighted by Gasteiger charge is -2.35. The number of para-hydroxylation sites is 1. The first kappa shape index (κ1) is 21.1. The number of nitrogens with zero attached hydrogens (tertiary/aromatic N) is 1. The van der Waals surface area contributed by atoms with Crippen LogP contribution in [0.2, 0.25) is 0 Å². The highest BCUT2D eigenvalue weighted by atomic mass is 16.7. The maximum Gasteiger partial charge on any atom is 0.322 e. The zero-order chi connectivity index (χ0) is 21.8. The number of H-pyrrole nitrogens is 1. The zero-order valence-corrected chi connectivity index (χ0v) is 17.7. The molecule has 0 aliphatic carbocycles. The topological polar surface area (TPSA) is 83.7 Å². The summed E-state index contributed by atoms with van der Waals surface area (Å²) in [4.78, 5) is 30.2. The van der Waals surface area contributed by atoms with Crippen molar-refractivity contribution in [2.24, 2.45) is 5.92 Å². The van der Waals surface area contributed by atoms with E-state index in [1.165, 1.54) is 0 Å². The molecule has 1 saturated heterocycles. The van der Waals surface area contributed by atoms with Gasteiger partial charge in [-0.3, -0.25) is 4.79 Å². The van der Waals surface area contributed by atoms with Gasteiger partial charge in [-0.25, -0.2) is 4.79 Å². The van der Waals surface area contributed by atoms with E-state index < -0.39 is 0 Å². The Morgan fingerprint density at radius 3 is 2.45 bits per heavy atom. The maximum atomic E-state index is 13.3. The van der Waals surface area contributed by atoms with Crippen LogP contribution in [0.4, 0.5) is 10.5 Å². The number of carbonyl (C=O) groups excluding carboxylic acids is 1. The summed E-state index contributed by atoms with van der Waals surface area (Å²) in [7, 11) is 0. The molecule has 7 nitrogen and oxygen atoms in total. The van der Waals surface area contributed by atoms with Crippen molar-refractivity contribution in [1.29, 1.82) is 0 Å². The number of amides is 2. The first-order valence-corrected chi connectivity index (χ1v) is 10.5. The van der Waals surface area contributed by atoms with Gasteiger partial charge in [0.2, 0.25) is 0 Å². The fourth-order valence-electron chi connectivity index (χ4n) is 3.90. The third-order valence-corrected chi connectivity index (χ3v) is 5.63. The van der Waals surface area contributed by atoms with Crippen LogP contribution in [-0.2, 0) is 9.47 Å². The Bertz CT molecular complexity index is 1090. The molecule has 3 aromatic rings. The molecule has 0 spiro atoms. The molecule has 1 aromatic heterocycles.